The second-order valence-corrected chi connectivity index (χ2v) is 8.73. The first-order chi connectivity index (χ1) is 15.3. The first-order valence-corrected chi connectivity index (χ1v) is 11.6. The molecule has 0 saturated carbocycles. The van der Waals surface area contributed by atoms with Crippen LogP contribution >= 0.6 is 11.8 Å². The van der Waals surface area contributed by atoms with E-state index in [2.05, 4.69) is 16.0 Å². The van der Waals surface area contributed by atoms with Gasteiger partial charge in [0.2, 0.25) is 29.5 Å². The summed E-state index contributed by atoms with van der Waals surface area (Å²) >= 11 is 1.43. The van der Waals surface area contributed by atoms with Crippen LogP contribution in [0.4, 0.5) is 0 Å². The van der Waals surface area contributed by atoms with Crippen LogP contribution in [-0.4, -0.2) is 76.8 Å². The maximum Gasteiger partial charge on any atom is 0.326 e. The van der Waals surface area contributed by atoms with Crippen molar-refractivity contribution in [1.82, 2.24) is 16.0 Å². The Labute approximate surface area is 196 Å². The lowest BCUT2D eigenvalue weighted by atomic mass is 10.0. The predicted molar refractivity (Wildman–Crippen MR) is 121 cm³/mol. The number of hydrogen-bond donors (Lipinski definition) is 7. The monoisotopic (exact) mass is 490 g/mol. The number of carboxylic acids is 1. The fourth-order valence-corrected chi connectivity index (χ4v) is 3.05. The highest BCUT2D eigenvalue weighted by Crippen LogP contribution is 2.06. The second kappa shape index (κ2) is 15.1. The van der Waals surface area contributed by atoms with Gasteiger partial charge in [-0.1, -0.05) is 13.8 Å². The van der Waals surface area contributed by atoms with Crippen LogP contribution in [0.1, 0.15) is 39.5 Å². The van der Waals surface area contributed by atoms with Gasteiger partial charge in [0.25, 0.3) is 0 Å². The van der Waals surface area contributed by atoms with Gasteiger partial charge in [-0.2, -0.15) is 11.8 Å². The molecule has 0 bridgehead atoms. The maximum absolute atomic E-state index is 12.9. The Kier molecular flexibility index (Phi) is 13.7. The fourth-order valence-electron chi connectivity index (χ4n) is 2.58. The van der Waals surface area contributed by atoms with Gasteiger partial charge in [0, 0.05) is 6.42 Å². The summed E-state index contributed by atoms with van der Waals surface area (Å²) in [7, 11) is 0. The van der Waals surface area contributed by atoms with Gasteiger partial charge >= 0.3 is 5.97 Å². The van der Waals surface area contributed by atoms with Crippen molar-refractivity contribution in [3.63, 3.8) is 0 Å². The molecule has 0 aromatic heterocycles. The molecule has 188 valence electrons. The number of rotatable bonds is 16. The number of nitrogens with one attached hydrogen (secondary N) is 3. The number of aliphatic carboxylic acids is 1. The third kappa shape index (κ3) is 12.1. The van der Waals surface area contributed by atoms with Gasteiger partial charge in [-0.05, 0) is 30.8 Å². The van der Waals surface area contributed by atoms with E-state index >= 15 is 0 Å². The summed E-state index contributed by atoms with van der Waals surface area (Å²) in [5, 5.41) is 16.3. The molecule has 0 radical (unpaired) electrons. The maximum atomic E-state index is 12.9. The molecule has 0 heterocycles. The van der Waals surface area contributed by atoms with Crippen LogP contribution in [0.15, 0.2) is 0 Å². The van der Waals surface area contributed by atoms with E-state index in [1.807, 2.05) is 6.26 Å². The number of hydrogen-bond acceptors (Lipinski definition) is 8. The molecule has 14 heteroatoms. The van der Waals surface area contributed by atoms with E-state index in [-0.39, 0.29) is 25.2 Å². The number of carbonyl (C=O) groups is 6. The lowest BCUT2D eigenvalue weighted by Gasteiger charge is -2.25. The minimum absolute atomic E-state index is 0.179. The van der Waals surface area contributed by atoms with E-state index in [1.54, 1.807) is 13.8 Å². The van der Waals surface area contributed by atoms with E-state index in [1.165, 1.54) is 11.8 Å². The van der Waals surface area contributed by atoms with Gasteiger partial charge < -0.3 is 38.3 Å². The molecule has 4 unspecified atom stereocenters. The largest absolute Gasteiger partial charge is 0.480 e. The Hall–Kier alpha value is -2.87. The molecule has 0 rings (SSSR count). The molecule has 0 fully saturated rings. The SMILES string of the molecule is CSCCC(NC(=O)C(N)C(C)C)C(=O)NC(CCC(N)=O)C(=O)NC(CC(N)=O)C(=O)O. The van der Waals surface area contributed by atoms with Crippen molar-refractivity contribution >= 4 is 47.3 Å². The van der Waals surface area contributed by atoms with Crippen molar-refractivity contribution in [1.29, 1.82) is 0 Å². The Morgan fingerprint density at radius 2 is 1.30 bits per heavy atom. The third-order valence-electron chi connectivity index (χ3n) is 4.60. The predicted octanol–water partition coefficient (Wildman–Crippen LogP) is -2.60. The highest BCUT2D eigenvalue weighted by molar-refractivity contribution is 7.98. The quantitative estimate of drug-likeness (QED) is 0.120. The van der Waals surface area contributed by atoms with Crippen molar-refractivity contribution in [3.8, 4) is 0 Å². The molecular weight excluding hydrogens is 456 g/mol. The first-order valence-electron chi connectivity index (χ1n) is 10.2. The lowest BCUT2D eigenvalue weighted by molar-refractivity contribution is -0.144. The molecule has 0 aromatic carbocycles. The lowest BCUT2D eigenvalue weighted by Crippen LogP contribution is -2.58. The average Bonchev–Trinajstić information content (AvgIpc) is 2.71. The molecule has 0 spiro atoms. The molecule has 0 aromatic rings. The van der Waals surface area contributed by atoms with Gasteiger partial charge in [0.15, 0.2) is 0 Å². The summed E-state index contributed by atoms with van der Waals surface area (Å²) in [6, 6.07) is -4.86. The topological polar surface area (TPSA) is 237 Å². The summed E-state index contributed by atoms with van der Waals surface area (Å²) in [6.45, 7) is 3.49. The summed E-state index contributed by atoms with van der Waals surface area (Å²) in [4.78, 5) is 71.4. The smallest absolute Gasteiger partial charge is 0.326 e. The van der Waals surface area contributed by atoms with Gasteiger partial charge in [-0.25, -0.2) is 4.79 Å². The molecule has 4 atom stereocenters. The number of carbonyl (C=O) groups excluding carboxylic acids is 5. The normalized spacial score (nSPS) is 14.5. The molecule has 13 nitrogen and oxygen atoms in total. The molecular formula is C19H34N6O7S. The Morgan fingerprint density at radius 3 is 1.73 bits per heavy atom. The van der Waals surface area contributed by atoms with Crippen LogP contribution in [0.2, 0.25) is 0 Å². The number of amides is 5. The zero-order chi connectivity index (χ0) is 25.7. The number of primary amides is 2. The highest BCUT2D eigenvalue weighted by Gasteiger charge is 2.31. The molecule has 10 N–H and O–H groups in total. The van der Waals surface area contributed by atoms with Crippen LogP contribution < -0.4 is 33.2 Å². The first kappa shape index (κ1) is 30.1. The average molecular weight is 491 g/mol. The van der Waals surface area contributed by atoms with Crippen molar-refractivity contribution < 1.29 is 33.9 Å². The summed E-state index contributed by atoms with van der Waals surface area (Å²) < 4.78 is 0. The van der Waals surface area contributed by atoms with Crippen LogP contribution in [0.25, 0.3) is 0 Å². The van der Waals surface area contributed by atoms with E-state index in [9.17, 15) is 33.9 Å². The molecule has 5 amide bonds. The van der Waals surface area contributed by atoms with Crippen LogP contribution in [0, 0.1) is 5.92 Å². The Morgan fingerprint density at radius 1 is 0.818 bits per heavy atom. The van der Waals surface area contributed by atoms with Gasteiger partial charge in [0.1, 0.15) is 18.1 Å². The minimum Gasteiger partial charge on any atom is -0.480 e. The van der Waals surface area contributed by atoms with Gasteiger partial charge in [-0.15, -0.1) is 0 Å². The summed E-state index contributed by atoms with van der Waals surface area (Å²) in [5.74, 6) is -5.10. The van der Waals surface area contributed by atoms with Gasteiger partial charge in [0.05, 0.1) is 12.5 Å². The molecule has 0 aliphatic heterocycles. The van der Waals surface area contributed by atoms with Crippen molar-refractivity contribution in [2.75, 3.05) is 12.0 Å². The fraction of sp³-hybridized carbons (Fsp3) is 0.684. The number of carboxylic acid groups (broad SMARTS) is 1. The Balaban J connectivity index is 5.56. The van der Waals surface area contributed by atoms with Gasteiger partial charge in [-0.3, -0.25) is 24.0 Å². The minimum atomic E-state index is -1.63. The van der Waals surface area contributed by atoms with Crippen molar-refractivity contribution in [2.24, 2.45) is 23.1 Å². The molecule has 0 saturated heterocycles. The second-order valence-electron chi connectivity index (χ2n) is 7.75. The molecule has 0 aliphatic rings. The molecule has 0 aliphatic carbocycles. The van der Waals surface area contributed by atoms with Crippen LogP contribution in [-0.2, 0) is 28.8 Å². The van der Waals surface area contributed by atoms with Crippen molar-refractivity contribution in [3.05, 3.63) is 0 Å². The zero-order valence-corrected chi connectivity index (χ0v) is 19.8. The standard InChI is InChI=1S/C19H34N6O7S/c1-9(2)15(22)18(30)24-11(6-7-33-3)17(29)23-10(4-5-13(20)26)16(28)25-12(19(31)32)8-14(21)27/h9-12,15H,4-8,22H2,1-3H3,(H2,20,26)(H2,21,27)(H,23,29)(H,24,30)(H,25,28)(H,31,32). The number of nitrogens with two attached hydrogens (primary N) is 3. The van der Waals surface area contributed by atoms with Crippen LogP contribution in [0.5, 0.6) is 0 Å². The summed E-state index contributed by atoms with van der Waals surface area (Å²) in [5.41, 5.74) is 16.0. The third-order valence-corrected chi connectivity index (χ3v) is 5.24. The number of thioether (sulfide) groups is 1. The summed E-state index contributed by atoms with van der Waals surface area (Å²) in [6.07, 6.45) is 0.852. The van der Waals surface area contributed by atoms with E-state index in [0.717, 1.165) is 0 Å². The van der Waals surface area contributed by atoms with E-state index in [0.29, 0.717) is 5.75 Å². The Bertz CT molecular complexity index is 733. The highest BCUT2D eigenvalue weighted by atomic mass is 32.2. The van der Waals surface area contributed by atoms with E-state index < -0.39 is 66.1 Å². The van der Waals surface area contributed by atoms with Crippen LogP contribution in [0.3, 0.4) is 0 Å². The molecule has 33 heavy (non-hydrogen) atoms. The van der Waals surface area contributed by atoms with E-state index in [4.69, 9.17) is 17.2 Å². The van der Waals surface area contributed by atoms with Crippen molar-refractivity contribution in [2.45, 2.75) is 63.7 Å². The zero-order valence-electron chi connectivity index (χ0n) is 19.0.